The number of aromatic nitrogens is 1. The fourth-order valence-electron chi connectivity index (χ4n) is 2.97. The molecule has 2 unspecified atom stereocenters. The van der Waals surface area contributed by atoms with Gasteiger partial charge in [-0.15, -0.1) is 0 Å². The monoisotopic (exact) mass is 286 g/mol. The van der Waals surface area contributed by atoms with Crippen LogP contribution in [0.5, 0.6) is 0 Å². The Morgan fingerprint density at radius 1 is 1.38 bits per heavy atom. The zero-order valence-electron chi connectivity index (χ0n) is 12.4. The maximum atomic E-state index is 9.35. The van der Waals surface area contributed by atoms with Crippen molar-refractivity contribution < 1.29 is 9.52 Å². The van der Waals surface area contributed by atoms with Crippen LogP contribution in [0.15, 0.2) is 40.9 Å². The van der Waals surface area contributed by atoms with Crippen molar-refractivity contribution in [2.24, 2.45) is 5.92 Å². The number of hydrogen-bond donors (Lipinski definition) is 1. The molecule has 1 N–H and O–H groups in total. The van der Waals surface area contributed by atoms with E-state index in [0.29, 0.717) is 5.92 Å². The number of benzene rings is 1. The lowest BCUT2D eigenvalue weighted by Gasteiger charge is -2.34. The smallest absolute Gasteiger partial charge is 0.211 e. The van der Waals surface area contributed by atoms with Gasteiger partial charge in [0.1, 0.15) is 0 Å². The summed E-state index contributed by atoms with van der Waals surface area (Å²) in [6.45, 7) is 4.35. The minimum absolute atomic E-state index is 0.150. The van der Waals surface area contributed by atoms with Crippen LogP contribution in [-0.4, -0.2) is 34.7 Å². The van der Waals surface area contributed by atoms with Crippen LogP contribution in [0.4, 0.5) is 0 Å². The number of rotatable bonds is 4. The number of likely N-dealkylation sites (tertiary alicyclic amines) is 1. The van der Waals surface area contributed by atoms with E-state index in [9.17, 15) is 5.11 Å². The number of hydrogen-bond acceptors (Lipinski definition) is 4. The number of nitrogens with zero attached hydrogens (tertiary/aromatic N) is 2. The maximum Gasteiger partial charge on any atom is 0.211 e. The van der Waals surface area contributed by atoms with Gasteiger partial charge in [0.2, 0.25) is 5.89 Å². The van der Waals surface area contributed by atoms with Crippen molar-refractivity contribution in [3.8, 4) is 11.3 Å². The summed E-state index contributed by atoms with van der Waals surface area (Å²) >= 11 is 0. The SMILES string of the molecule is CC(c1ncc(-c2ccccc2)o1)N1CCCC(CO)C1. The molecule has 2 atom stereocenters. The molecule has 4 heteroatoms. The summed E-state index contributed by atoms with van der Waals surface area (Å²) in [4.78, 5) is 6.80. The quantitative estimate of drug-likeness (QED) is 0.938. The highest BCUT2D eigenvalue weighted by molar-refractivity contribution is 5.55. The lowest BCUT2D eigenvalue weighted by Crippen LogP contribution is -2.38. The Morgan fingerprint density at radius 2 is 2.19 bits per heavy atom. The maximum absolute atomic E-state index is 9.35. The third-order valence-corrected chi connectivity index (χ3v) is 4.30. The molecule has 1 aromatic heterocycles. The van der Waals surface area contributed by atoms with Gasteiger partial charge in [0, 0.05) is 18.7 Å². The molecule has 3 rings (SSSR count). The Balaban J connectivity index is 1.73. The van der Waals surface area contributed by atoms with Crippen LogP contribution in [0.1, 0.15) is 31.7 Å². The average molecular weight is 286 g/mol. The second-order valence-electron chi connectivity index (χ2n) is 5.79. The Bertz CT molecular complexity index is 567. The molecule has 0 aliphatic carbocycles. The first-order valence-corrected chi connectivity index (χ1v) is 7.64. The van der Waals surface area contributed by atoms with E-state index in [1.54, 1.807) is 6.20 Å². The van der Waals surface area contributed by atoms with E-state index in [-0.39, 0.29) is 12.6 Å². The van der Waals surface area contributed by atoms with Gasteiger partial charge in [0.25, 0.3) is 0 Å². The van der Waals surface area contributed by atoms with Gasteiger partial charge in [-0.2, -0.15) is 0 Å². The minimum atomic E-state index is 0.150. The van der Waals surface area contributed by atoms with Gasteiger partial charge in [-0.3, -0.25) is 4.90 Å². The van der Waals surface area contributed by atoms with Gasteiger partial charge in [-0.05, 0) is 32.2 Å². The summed E-state index contributed by atoms with van der Waals surface area (Å²) in [5.74, 6) is 1.95. The van der Waals surface area contributed by atoms with Crippen molar-refractivity contribution in [3.05, 3.63) is 42.4 Å². The first kappa shape index (κ1) is 14.3. The van der Waals surface area contributed by atoms with E-state index in [1.807, 2.05) is 30.3 Å². The second-order valence-corrected chi connectivity index (χ2v) is 5.79. The molecule has 4 nitrogen and oxygen atoms in total. The molecular weight excluding hydrogens is 264 g/mol. The Labute approximate surface area is 125 Å². The van der Waals surface area contributed by atoms with Gasteiger partial charge in [-0.1, -0.05) is 30.3 Å². The Morgan fingerprint density at radius 3 is 2.95 bits per heavy atom. The van der Waals surface area contributed by atoms with Crippen LogP contribution in [0.25, 0.3) is 11.3 Å². The van der Waals surface area contributed by atoms with E-state index in [1.165, 1.54) is 0 Å². The van der Waals surface area contributed by atoms with Crippen molar-refractivity contribution in [3.63, 3.8) is 0 Å². The lowest BCUT2D eigenvalue weighted by molar-refractivity contribution is 0.0839. The van der Waals surface area contributed by atoms with E-state index in [4.69, 9.17) is 4.42 Å². The van der Waals surface area contributed by atoms with Crippen molar-refractivity contribution in [1.82, 2.24) is 9.88 Å². The van der Waals surface area contributed by atoms with Crippen LogP contribution < -0.4 is 0 Å². The highest BCUT2D eigenvalue weighted by Gasteiger charge is 2.26. The molecule has 1 saturated heterocycles. The van der Waals surface area contributed by atoms with Gasteiger partial charge in [-0.25, -0.2) is 4.98 Å². The summed E-state index contributed by atoms with van der Waals surface area (Å²) in [7, 11) is 0. The Hall–Kier alpha value is -1.65. The molecular formula is C17H22N2O2. The van der Waals surface area contributed by atoms with Crippen molar-refractivity contribution in [2.45, 2.75) is 25.8 Å². The topological polar surface area (TPSA) is 49.5 Å². The van der Waals surface area contributed by atoms with Gasteiger partial charge in [0.15, 0.2) is 5.76 Å². The van der Waals surface area contributed by atoms with Crippen LogP contribution >= 0.6 is 0 Å². The third-order valence-electron chi connectivity index (χ3n) is 4.30. The number of oxazole rings is 1. The number of aliphatic hydroxyl groups is 1. The van der Waals surface area contributed by atoms with E-state index < -0.39 is 0 Å². The lowest BCUT2D eigenvalue weighted by atomic mass is 9.98. The normalized spacial score (nSPS) is 21.3. The van der Waals surface area contributed by atoms with Crippen LogP contribution in [0.3, 0.4) is 0 Å². The number of aliphatic hydroxyl groups excluding tert-OH is 1. The summed E-state index contributed by atoms with van der Waals surface area (Å²) in [6, 6.07) is 10.2. The molecule has 1 fully saturated rings. The van der Waals surface area contributed by atoms with Crippen LogP contribution in [0, 0.1) is 5.92 Å². The van der Waals surface area contributed by atoms with Crippen molar-refractivity contribution >= 4 is 0 Å². The minimum Gasteiger partial charge on any atom is -0.439 e. The predicted octanol–water partition coefficient (Wildman–Crippen LogP) is 3.11. The fourth-order valence-corrected chi connectivity index (χ4v) is 2.97. The Kier molecular flexibility index (Phi) is 4.36. The first-order valence-electron chi connectivity index (χ1n) is 7.64. The molecule has 0 saturated carbocycles. The molecule has 1 aliphatic heterocycles. The van der Waals surface area contributed by atoms with Crippen LogP contribution in [-0.2, 0) is 0 Å². The molecule has 1 aliphatic rings. The van der Waals surface area contributed by atoms with E-state index >= 15 is 0 Å². The average Bonchev–Trinajstić information content (AvgIpc) is 3.05. The molecule has 2 heterocycles. The standard InChI is InChI=1S/C17H22N2O2/c1-13(19-9-5-6-14(11-19)12-20)17-18-10-16(21-17)15-7-3-2-4-8-15/h2-4,7-8,10,13-14,20H,5-6,9,11-12H2,1H3. The van der Waals surface area contributed by atoms with Gasteiger partial charge >= 0.3 is 0 Å². The molecule has 1 aromatic carbocycles. The molecule has 21 heavy (non-hydrogen) atoms. The first-order chi connectivity index (χ1) is 10.3. The summed E-state index contributed by atoms with van der Waals surface area (Å²) in [5, 5.41) is 9.35. The zero-order chi connectivity index (χ0) is 14.7. The largest absolute Gasteiger partial charge is 0.439 e. The highest BCUT2D eigenvalue weighted by atomic mass is 16.4. The summed E-state index contributed by atoms with van der Waals surface area (Å²) < 4.78 is 5.94. The highest BCUT2D eigenvalue weighted by Crippen LogP contribution is 2.28. The summed E-state index contributed by atoms with van der Waals surface area (Å²) in [5.41, 5.74) is 1.05. The second kappa shape index (κ2) is 6.41. The predicted molar refractivity (Wildman–Crippen MR) is 81.7 cm³/mol. The van der Waals surface area contributed by atoms with Gasteiger partial charge in [0.05, 0.1) is 12.2 Å². The third kappa shape index (κ3) is 3.17. The molecule has 0 bridgehead atoms. The molecule has 2 aromatic rings. The van der Waals surface area contributed by atoms with Gasteiger partial charge < -0.3 is 9.52 Å². The molecule has 0 spiro atoms. The van der Waals surface area contributed by atoms with Crippen molar-refractivity contribution in [1.29, 1.82) is 0 Å². The van der Waals surface area contributed by atoms with E-state index in [2.05, 4.69) is 16.8 Å². The number of piperidine rings is 1. The molecule has 0 amide bonds. The summed E-state index contributed by atoms with van der Waals surface area (Å²) in [6.07, 6.45) is 4.04. The molecule has 112 valence electrons. The fraction of sp³-hybridized carbons (Fsp3) is 0.471. The van der Waals surface area contributed by atoms with Crippen molar-refractivity contribution in [2.75, 3.05) is 19.7 Å². The van der Waals surface area contributed by atoms with Crippen LogP contribution in [0.2, 0.25) is 0 Å². The zero-order valence-corrected chi connectivity index (χ0v) is 12.4. The molecule has 0 radical (unpaired) electrons. The van der Waals surface area contributed by atoms with E-state index in [0.717, 1.165) is 43.1 Å².